The van der Waals surface area contributed by atoms with Gasteiger partial charge in [0.25, 0.3) is 0 Å². The van der Waals surface area contributed by atoms with Crippen molar-refractivity contribution in [2.45, 2.75) is 6.92 Å². The van der Waals surface area contributed by atoms with E-state index in [1.807, 2.05) is 24.3 Å². The van der Waals surface area contributed by atoms with Crippen molar-refractivity contribution in [3.63, 3.8) is 0 Å². The van der Waals surface area contributed by atoms with E-state index in [2.05, 4.69) is 19.1 Å². The Labute approximate surface area is 112 Å². The zero-order valence-corrected chi connectivity index (χ0v) is 8.07. The third-order valence-corrected chi connectivity index (χ3v) is 2.32. The predicted octanol–water partition coefficient (Wildman–Crippen LogP) is 2.72. The maximum atomic E-state index is 9.17. The van der Waals surface area contributed by atoms with Crippen LogP contribution in [0.2, 0.25) is 0 Å². The quantitative estimate of drug-likeness (QED) is 0.714. The van der Waals surface area contributed by atoms with Crippen molar-refractivity contribution in [1.82, 2.24) is 0 Å². The van der Waals surface area contributed by atoms with Crippen molar-refractivity contribution in [2.75, 3.05) is 0 Å². The van der Waals surface area contributed by atoms with E-state index >= 15 is 0 Å². The van der Waals surface area contributed by atoms with Crippen LogP contribution in [0.3, 0.4) is 0 Å². The van der Waals surface area contributed by atoms with E-state index in [0.29, 0.717) is 5.75 Å². The van der Waals surface area contributed by atoms with Gasteiger partial charge < -0.3 is 5.11 Å². The summed E-state index contributed by atoms with van der Waals surface area (Å²) in [5, 5.41) is 9.17. The Kier molecular flexibility index (Phi) is 4.40. The van der Waals surface area contributed by atoms with Crippen molar-refractivity contribution in [3.05, 3.63) is 54.1 Å². The van der Waals surface area contributed by atoms with Gasteiger partial charge in [-0.1, -0.05) is 36.4 Å². The fourth-order valence-corrected chi connectivity index (χ4v) is 1.54. The minimum atomic E-state index is 0. The molecule has 0 fully saturated rings. The minimum absolute atomic E-state index is 0. The van der Waals surface area contributed by atoms with E-state index < -0.39 is 0 Å². The van der Waals surface area contributed by atoms with Crippen molar-refractivity contribution >= 4 is 29.6 Å². The van der Waals surface area contributed by atoms with Crippen LogP contribution in [0, 0.1) is 6.92 Å². The van der Waals surface area contributed by atoms with E-state index in [1.54, 1.807) is 12.1 Å². The van der Waals surface area contributed by atoms with E-state index in [1.165, 1.54) is 11.1 Å². The number of phenolic OH excluding ortho intramolecular Hbond substituents is 1. The Bertz CT molecular complexity index is 435. The zero-order valence-electron chi connectivity index (χ0n) is 8.07. The number of benzene rings is 2. The molecule has 0 aromatic heterocycles. The molecule has 0 aliphatic heterocycles. The van der Waals surface area contributed by atoms with Gasteiger partial charge in [-0.15, -0.1) is 0 Å². The Morgan fingerprint density at radius 3 is 2.07 bits per heavy atom. The molecule has 0 radical (unpaired) electrons. The first-order chi connectivity index (χ1) is 6.77. The summed E-state index contributed by atoms with van der Waals surface area (Å²) < 4.78 is 0. The summed E-state index contributed by atoms with van der Waals surface area (Å²) in [4.78, 5) is 0. The molecule has 2 heteroatoms. The molecule has 0 aliphatic rings. The van der Waals surface area contributed by atoms with Crippen molar-refractivity contribution in [1.29, 1.82) is 0 Å². The molecule has 2 rings (SSSR count). The SMILES string of the molecule is Cc1ccccc1-c1ccc(O)cc1.[NaH]. The molecule has 0 spiro atoms. The molecule has 0 heterocycles. The standard InChI is InChI=1S/C13H12O.Na.H/c1-10-4-2-3-5-13(10)11-6-8-12(14)9-7-11;;/h2-9,14H,1H3;;. The van der Waals surface area contributed by atoms with E-state index in [-0.39, 0.29) is 29.6 Å². The van der Waals surface area contributed by atoms with Crippen LogP contribution in [0.25, 0.3) is 11.1 Å². The molecular formula is C13H13NaO. The Morgan fingerprint density at radius 2 is 1.47 bits per heavy atom. The Hall–Kier alpha value is -0.760. The topological polar surface area (TPSA) is 20.2 Å². The molecule has 0 saturated heterocycles. The predicted molar refractivity (Wildman–Crippen MR) is 65.4 cm³/mol. The van der Waals surface area contributed by atoms with Gasteiger partial charge in [-0.3, -0.25) is 0 Å². The third kappa shape index (κ3) is 2.85. The van der Waals surface area contributed by atoms with Gasteiger partial charge in [0.05, 0.1) is 0 Å². The number of aryl methyl sites for hydroxylation is 1. The summed E-state index contributed by atoms with van der Waals surface area (Å²) in [5.74, 6) is 0.308. The molecule has 0 amide bonds. The molecule has 15 heavy (non-hydrogen) atoms. The molecular weight excluding hydrogens is 195 g/mol. The molecule has 72 valence electrons. The normalized spacial score (nSPS) is 9.40. The molecule has 1 N–H and O–H groups in total. The second-order valence-electron chi connectivity index (χ2n) is 3.36. The first kappa shape index (κ1) is 12.3. The van der Waals surface area contributed by atoms with Gasteiger partial charge in [-0.25, -0.2) is 0 Å². The van der Waals surface area contributed by atoms with Crippen molar-refractivity contribution in [2.24, 2.45) is 0 Å². The molecule has 1 nitrogen and oxygen atoms in total. The number of hydrogen-bond donors (Lipinski definition) is 1. The number of rotatable bonds is 1. The van der Waals surface area contributed by atoms with Gasteiger partial charge in [-0.2, -0.15) is 0 Å². The van der Waals surface area contributed by atoms with Crippen LogP contribution < -0.4 is 0 Å². The van der Waals surface area contributed by atoms with Crippen LogP contribution in [0.1, 0.15) is 5.56 Å². The first-order valence-corrected chi connectivity index (χ1v) is 4.62. The molecule has 0 aliphatic carbocycles. The summed E-state index contributed by atoms with van der Waals surface area (Å²) >= 11 is 0. The van der Waals surface area contributed by atoms with Gasteiger partial charge in [0.2, 0.25) is 0 Å². The second kappa shape index (κ2) is 5.36. The average Bonchev–Trinajstić information content (AvgIpc) is 2.20. The summed E-state index contributed by atoms with van der Waals surface area (Å²) in [6, 6.07) is 15.5. The Morgan fingerprint density at radius 1 is 0.867 bits per heavy atom. The van der Waals surface area contributed by atoms with Crippen LogP contribution in [0.5, 0.6) is 5.75 Å². The average molecular weight is 208 g/mol. The Balaban J connectivity index is 0.00000112. The summed E-state index contributed by atoms with van der Waals surface area (Å²) in [7, 11) is 0. The monoisotopic (exact) mass is 208 g/mol. The molecule has 0 saturated carbocycles. The van der Waals surface area contributed by atoms with Gasteiger partial charge >= 0.3 is 29.6 Å². The van der Waals surface area contributed by atoms with Crippen LogP contribution in [0.15, 0.2) is 48.5 Å². The van der Waals surface area contributed by atoms with Gasteiger partial charge in [-0.05, 0) is 35.7 Å². The van der Waals surface area contributed by atoms with Crippen molar-refractivity contribution < 1.29 is 5.11 Å². The summed E-state index contributed by atoms with van der Waals surface area (Å²) in [6.07, 6.45) is 0. The van der Waals surface area contributed by atoms with Gasteiger partial charge in [0.15, 0.2) is 0 Å². The number of phenols is 1. The van der Waals surface area contributed by atoms with Crippen LogP contribution in [0.4, 0.5) is 0 Å². The first-order valence-electron chi connectivity index (χ1n) is 4.62. The van der Waals surface area contributed by atoms with Gasteiger partial charge in [0.1, 0.15) is 5.75 Å². The summed E-state index contributed by atoms with van der Waals surface area (Å²) in [5.41, 5.74) is 3.60. The number of hydrogen-bond acceptors (Lipinski definition) is 1. The molecule has 0 bridgehead atoms. The fourth-order valence-electron chi connectivity index (χ4n) is 1.54. The zero-order chi connectivity index (χ0) is 9.97. The van der Waals surface area contributed by atoms with E-state index in [9.17, 15) is 5.11 Å². The molecule has 0 unspecified atom stereocenters. The van der Waals surface area contributed by atoms with E-state index in [0.717, 1.165) is 5.56 Å². The van der Waals surface area contributed by atoms with Crippen LogP contribution in [-0.4, -0.2) is 34.7 Å². The number of aromatic hydroxyl groups is 1. The van der Waals surface area contributed by atoms with Crippen LogP contribution in [-0.2, 0) is 0 Å². The maximum absolute atomic E-state index is 9.17. The molecule has 0 atom stereocenters. The van der Waals surface area contributed by atoms with Gasteiger partial charge in [0, 0.05) is 0 Å². The third-order valence-electron chi connectivity index (χ3n) is 2.32. The van der Waals surface area contributed by atoms with Crippen LogP contribution >= 0.6 is 0 Å². The van der Waals surface area contributed by atoms with E-state index in [4.69, 9.17) is 0 Å². The molecule has 2 aromatic carbocycles. The van der Waals surface area contributed by atoms with Crippen molar-refractivity contribution in [3.8, 4) is 16.9 Å². The summed E-state index contributed by atoms with van der Waals surface area (Å²) in [6.45, 7) is 2.09. The molecule has 2 aromatic rings. The second-order valence-corrected chi connectivity index (χ2v) is 3.36. The fraction of sp³-hybridized carbons (Fsp3) is 0.0769.